The number of carbonyl (C=O) groups excluding carboxylic acids is 1. The first-order chi connectivity index (χ1) is 15.5. The highest BCUT2D eigenvalue weighted by atomic mass is 16.2. The van der Waals surface area contributed by atoms with Crippen molar-refractivity contribution in [1.29, 1.82) is 0 Å². The Labute approximate surface area is 187 Å². The minimum Gasteiger partial charge on any atom is -0.371 e. The summed E-state index contributed by atoms with van der Waals surface area (Å²) in [6.45, 7) is 7.89. The molecule has 0 radical (unpaired) electrons. The van der Waals surface area contributed by atoms with Crippen LogP contribution in [-0.2, 0) is 11.3 Å². The van der Waals surface area contributed by atoms with Crippen LogP contribution >= 0.6 is 0 Å². The first-order valence-corrected chi connectivity index (χ1v) is 11.3. The molecule has 166 valence electrons. The molecule has 2 N–H and O–H groups in total. The standard InChI is InChI=1S/C25H29N5O2/c1-16(2)27-23(31)15-30-24(17-6-4-3-5-7-17)28-22-9-8-20(10-21(22)25(30)32)29-13-18-11-26-12-19(18)14-29/h3-10,16,18-19,26H,11-15H2,1-2H3,(H,27,31). The summed E-state index contributed by atoms with van der Waals surface area (Å²) >= 11 is 0. The number of hydrogen-bond donors (Lipinski definition) is 2. The minimum atomic E-state index is -0.198. The maximum Gasteiger partial charge on any atom is 0.262 e. The van der Waals surface area contributed by atoms with Crippen LogP contribution in [0.15, 0.2) is 53.3 Å². The van der Waals surface area contributed by atoms with E-state index in [9.17, 15) is 9.59 Å². The highest BCUT2D eigenvalue weighted by molar-refractivity contribution is 5.84. The van der Waals surface area contributed by atoms with Gasteiger partial charge in [-0.05, 0) is 43.9 Å². The smallest absolute Gasteiger partial charge is 0.262 e. The quantitative estimate of drug-likeness (QED) is 0.648. The van der Waals surface area contributed by atoms with Gasteiger partial charge in [0.05, 0.1) is 10.9 Å². The number of amides is 1. The number of fused-ring (bicyclic) bond motifs is 2. The summed E-state index contributed by atoms with van der Waals surface area (Å²) in [5, 5.41) is 6.90. The lowest BCUT2D eigenvalue weighted by molar-refractivity contribution is -0.122. The van der Waals surface area contributed by atoms with Gasteiger partial charge in [-0.1, -0.05) is 30.3 Å². The summed E-state index contributed by atoms with van der Waals surface area (Å²) in [4.78, 5) is 33.4. The van der Waals surface area contributed by atoms with Crippen molar-refractivity contribution in [3.63, 3.8) is 0 Å². The highest BCUT2D eigenvalue weighted by Gasteiger charge is 2.36. The summed E-state index contributed by atoms with van der Waals surface area (Å²) < 4.78 is 1.50. The van der Waals surface area contributed by atoms with E-state index in [1.807, 2.05) is 56.3 Å². The molecule has 7 nitrogen and oxygen atoms in total. The second-order valence-corrected chi connectivity index (χ2v) is 9.20. The Morgan fingerprint density at radius 3 is 2.53 bits per heavy atom. The topological polar surface area (TPSA) is 79.3 Å². The van der Waals surface area contributed by atoms with E-state index in [1.165, 1.54) is 4.57 Å². The van der Waals surface area contributed by atoms with Crippen molar-refractivity contribution in [3.05, 3.63) is 58.9 Å². The van der Waals surface area contributed by atoms with Crippen LogP contribution in [0.3, 0.4) is 0 Å². The molecule has 3 aromatic rings. The van der Waals surface area contributed by atoms with Crippen LogP contribution in [0.4, 0.5) is 5.69 Å². The average Bonchev–Trinajstić information content (AvgIpc) is 3.38. The van der Waals surface area contributed by atoms with Crippen molar-refractivity contribution >= 4 is 22.5 Å². The Balaban J connectivity index is 1.58. The maximum atomic E-state index is 13.6. The number of rotatable bonds is 5. The van der Waals surface area contributed by atoms with E-state index in [2.05, 4.69) is 21.6 Å². The molecular weight excluding hydrogens is 402 g/mol. The minimum absolute atomic E-state index is 0.00232. The van der Waals surface area contributed by atoms with Crippen LogP contribution in [0.5, 0.6) is 0 Å². The van der Waals surface area contributed by atoms with Gasteiger partial charge in [-0.3, -0.25) is 14.2 Å². The maximum absolute atomic E-state index is 13.6. The van der Waals surface area contributed by atoms with Gasteiger partial charge >= 0.3 is 0 Å². The van der Waals surface area contributed by atoms with E-state index >= 15 is 0 Å². The van der Waals surface area contributed by atoms with Gasteiger partial charge in [0.15, 0.2) is 0 Å². The molecule has 2 saturated heterocycles. The van der Waals surface area contributed by atoms with Crippen molar-refractivity contribution < 1.29 is 4.79 Å². The summed E-state index contributed by atoms with van der Waals surface area (Å²) in [7, 11) is 0. The number of nitrogens with zero attached hydrogens (tertiary/aromatic N) is 3. The van der Waals surface area contributed by atoms with Gasteiger partial charge in [-0.15, -0.1) is 0 Å². The predicted molar refractivity (Wildman–Crippen MR) is 127 cm³/mol. The molecule has 2 aliphatic heterocycles. The van der Waals surface area contributed by atoms with Crippen LogP contribution < -0.4 is 21.1 Å². The molecule has 1 aromatic heterocycles. The van der Waals surface area contributed by atoms with Gasteiger partial charge in [0.2, 0.25) is 5.91 Å². The largest absolute Gasteiger partial charge is 0.371 e. The second kappa shape index (κ2) is 8.39. The summed E-state index contributed by atoms with van der Waals surface area (Å²) in [6.07, 6.45) is 0. The molecular formula is C25H29N5O2. The monoisotopic (exact) mass is 431 g/mol. The molecule has 2 fully saturated rings. The third-order valence-corrected chi connectivity index (χ3v) is 6.48. The van der Waals surface area contributed by atoms with Crippen LogP contribution in [-0.4, -0.2) is 47.7 Å². The molecule has 5 rings (SSSR count). The fourth-order valence-corrected chi connectivity index (χ4v) is 4.94. The van der Waals surface area contributed by atoms with Gasteiger partial charge in [0.25, 0.3) is 5.56 Å². The van der Waals surface area contributed by atoms with E-state index in [-0.39, 0.29) is 24.1 Å². The number of carbonyl (C=O) groups is 1. The number of aromatic nitrogens is 2. The fraction of sp³-hybridized carbons (Fsp3) is 0.400. The molecule has 2 aromatic carbocycles. The zero-order chi connectivity index (χ0) is 22.2. The van der Waals surface area contributed by atoms with E-state index in [0.29, 0.717) is 28.6 Å². The van der Waals surface area contributed by atoms with Crippen molar-refractivity contribution in [2.24, 2.45) is 11.8 Å². The average molecular weight is 432 g/mol. The van der Waals surface area contributed by atoms with Gasteiger partial charge in [0.1, 0.15) is 12.4 Å². The lowest BCUT2D eigenvalue weighted by Crippen LogP contribution is -2.37. The predicted octanol–water partition coefficient (Wildman–Crippen LogP) is 2.24. The molecule has 2 atom stereocenters. The zero-order valence-corrected chi connectivity index (χ0v) is 18.5. The fourth-order valence-electron chi connectivity index (χ4n) is 4.94. The molecule has 32 heavy (non-hydrogen) atoms. The van der Waals surface area contributed by atoms with E-state index in [1.54, 1.807) is 0 Å². The van der Waals surface area contributed by atoms with Crippen molar-refractivity contribution in [2.45, 2.75) is 26.4 Å². The zero-order valence-electron chi connectivity index (χ0n) is 18.5. The van der Waals surface area contributed by atoms with Crippen LogP contribution in [0.25, 0.3) is 22.3 Å². The third kappa shape index (κ3) is 3.88. The van der Waals surface area contributed by atoms with Gasteiger partial charge in [0, 0.05) is 43.5 Å². The molecule has 3 heterocycles. The van der Waals surface area contributed by atoms with Crippen molar-refractivity contribution in [1.82, 2.24) is 20.2 Å². The second-order valence-electron chi connectivity index (χ2n) is 9.20. The Morgan fingerprint density at radius 1 is 1.12 bits per heavy atom. The highest BCUT2D eigenvalue weighted by Crippen LogP contribution is 2.31. The SMILES string of the molecule is CC(C)NC(=O)Cn1c(-c2ccccc2)nc2ccc(N3CC4CNCC4C3)cc2c1=O. The molecule has 2 unspecified atom stereocenters. The molecule has 0 bridgehead atoms. The van der Waals surface area contributed by atoms with Crippen LogP contribution in [0, 0.1) is 11.8 Å². The van der Waals surface area contributed by atoms with Crippen molar-refractivity contribution in [2.75, 3.05) is 31.1 Å². The Morgan fingerprint density at radius 2 is 1.84 bits per heavy atom. The Bertz CT molecular complexity index is 1190. The molecule has 7 heteroatoms. The number of anilines is 1. The first kappa shape index (κ1) is 20.7. The lowest BCUT2D eigenvalue weighted by Gasteiger charge is -2.21. The molecule has 0 saturated carbocycles. The summed E-state index contributed by atoms with van der Waals surface area (Å²) in [5.74, 6) is 1.65. The van der Waals surface area contributed by atoms with Gasteiger partial charge in [-0.2, -0.15) is 0 Å². The summed E-state index contributed by atoms with van der Waals surface area (Å²) in [5.41, 5.74) is 2.33. The molecule has 0 aliphatic carbocycles. The van der Waals surface area contributed by atoms with Crippen LogP contribution in [0.1, 0.15) is 13.8 Å². The molecule has 1 amide bonds. The Hall–Kier alpha value is -3.19. The third-order valence-electron chi connectivity index (χ3n) is 6.48. The number of nitrogens with one attached hydrogen (secondary N) is 2. The molecule has 0 spiro atoms. The van der Waals surface area contributed by atoms with Crippen molar-refractivity contribution in [3.8, 4) is 11.4 Å². The van der Waals surface area contributed by atoms with Crippen LogP contribution in [0.2, 0.25) is 0 Å². The van der Waals surface area contributed by atoms with E-state index in [4.69, 9.17) is 4.98 Å². The normalized spacial score (nSPS) is 20.2. The van der Waals surface area contributed by atoms with E-state index < -0.39 is 0 Å². The Kier molecular flexibility index (Phi) is 5.43. The lowest BCUT2D eigenvalue weighted by atomic mass is 10.0. The first-order valence-electron chi connectivity index (χ1n) is 11.3. The molecule has 2 aliphatic rings. The number of benzene rings is 2. The van der Waals surface area contributed by atoms with Gasteiger partial charge in [-0.25, -0.2) is 4.98 Å². The number of hydrogen-bond acceptors (Lipinski definition) is 5. The van der Waals surface area contributed by atoms with E-state index in [0.717, 1.165) is 37.4 Å². The van der Waals surface area contributed by atoms with Gasteiger partial charge < -0.3 is 15.5 Å². The summed E-state index contributed by atoms with van der Waals surface area (Å²) in [6, 6.07) is 15.5.